The van der Waals surface area contributed by atoms with E-state index in [0.29, 0.717) is 12.2 Å². The summed E-state index contributed by atoms with van der Waals surface area (Å²) in [6.07, 6.45) is 6.89. The van der Waals surface area contributed by atoms with Gasteiger partial charge in [-0.2, -0.15) is 0 Å². The second kappa shape index (κ2) is 5.73. The third-order valence-electron chi connectivity index (χ3n) is 3.19. The van der Waals surface area contributed by atoms with Crippen molar-refractivity contribution < 1.29 is 9.18 Å². The molecule has 0 spiro atoms. The van der Waals surface area contributed by atoms with Gasteiger partial charge in [-0.15, -0.1) is 0 Å². The highest BCUT2D eigenvalue weighted by atomic mass is 79.9. The van der Waals surface area contributed by atoms with Gasteiger partial charge in [0.2, 0.25) is 0 Å². The van der Waals surface area contributed by atoms with Crippen LogP contribution in [0.3, 0.4) is 0 Å². The van der Waals surface area contributed by atoms with Gasteiger partial charge in [0.1, 0.15) is 12.0 Å². The largest absolute Gasteiger partial charge is 0.379 e. The van der Waals surface area contributed by atoms with Crippen molar-refractivity contribution in [2.75, 3.05) is 11.9 Å². The number of fused-ring (bicyclic) bond motifs is 1. The van der Waals surface area contributed by atoms with Crippen molar-refractivity contribution in [1.82, 2.24) is 10.2 Å². The minimum atomic E-state index is -0.293. The monoisotopic (exact) mass is 349 g/mol. The molecule has 4 nitrogen and oxygen atoms in total. The van der Waals surface area contributed by atoms with Crippen LogP contribution in [0.1, 0.15) is 0 Å². The normalized spacial score (nSPS) is 20.4. The van der Waals surface area contributed by atoms with Gasteiger partial charge in [-0.1, -0.05) is 6.07 Å². The summed E-state index contributed by atoms with van der Waals surface area (Å²) < 4.78 is 14.0. The maximum Gasteiger partial charge on any atom is 0.254 e. The lowest BCUT2D eigenvalue weighted by molar-refractivity contribution is -0.125. The summed E-state index contributed by atoms with van der Waals surface area (Å²) >= 11 is 3.35. The number of rotatable bonds is 3. The smallest absolute Gasteiger partial charge is 0.254 e. The molecule has 2 aliphatic heterocycles. The molecular weight excluding hydrogens is 337 g/mol. The molecule has 0 saturated heterocycles. The maximum atomic E-state index is 13.1. The van der Waals surface area contributed by atoms with Gasteiger partial charge in [0.05, 0.1) is 6.54 Å². The molecule has 2 heterocycles. The number of amides is 1. The third-order valence-corrected chi connectivity index (χ3v) is 3.66. The molecule has 2 N–H and O–H groups in total. The summed E-state index contributed by atoms with van der Waals surface area (Å²) in [7, 11) is 0. The fourth-order valence-corrected chi connectivity index (χ4v) is 2.58. The highest BCUT2D eigenvalue weighted by Gasteiger charge is 2.26. The van der Waals surface area contributed by atoms with Gasteiger partial charge < -0.3 is 10.6 Å². The average molecular weight is 350 g/mol. The second-order valence-corrected chi connectivity index (χ2v) is 5.66. The van der Waals surface area contributed by atoms with Gasteiger partial charge in [-0.05, 0) is 46.3 Å². The van der Waals surface area contributed by atoms with E-state index in [4.69, 9.17) is 0 Å². The molecule has 1 aromatic rings. The third kappa shape index (κ3) is 3.16. The number of nitrogens with one attached hydrogen (secondary N) is 2. The Bertz CT molecular complexity index is 669. The topological polar surface area (TPSA) is 44.4 Å². The number of benzene rings is 1. The molecule has 0 fully saturated rings. The fraction of sp³-hybridized carbons (Fsp3) is 0.133. The number of carbonyl (C=O) groups excluding carboxylic acids is 1. The predicted octanol–water partition coefficient (Wildman–Crippen LogP) is 2.69. The van der Waals surface area contributed by atoms with Gasteiger partial charge in [-0.3, -0.25) is 9.69 Å². The Morgan fingerprint density at radius 3 is 3.10 bits per heavy atom. The predicted molar refractivity (Wildman–Crippen MR) is 82.9 cm³/mol. The Kier molecular flexibility index (Phi) is 3.79. The fourth-order valence-electron chi connectivity index (χ4n) is 2.20. The van der Waals surface area contributed by atoms with E-state index in [9.17, 15) is 9.18 Å². The molecule has 3 rings (SSSR count). The summed E-state index contributed by atoms with van der Waals surface area (Å²) in [5.41, 5.74) is 1.44. The van der Waals surface area contributed by atoms with Crippen LogP contribution in [0, 0.1) is 5.82 Å². The van der Waals surface area contributed by atoms with Gasteiger partial charge >= 0.3 is 0 Å². The molecule has 0 saturated carbocycles. The van der Waals surface area contributed by atoms with E-state index in [-0.39, 0.29) is 17.9 Å². The maximum absolute atomic E-state index is 13.1. The van der Waals surface area contributed by atoms with Crippen LogP contribution < -0.4 is 10.6 Å². The molecule has 21 heavy (non-hydrogen) atoms. The Balaban J connectivity index is 1.69. The first-order valence-electron chi connectivity index (χ1n) is 6.46. The molecule has 108 valence electrons. The van der Waals surface area contributed by atoms with Crippen molar-refractivity contribution >= 4 is 27.5 Å². The van der Waals surface area contributed by atoms with E-state index in [0.717, 1.165) is 10.2 Å². The number of nitrogens with zero attached hydrogens (tertiary/aromatic N) is 1. The first-order valence-corrected chi connectivity index (χ1v) is 7.25. The first kappa shape index (κ1) is 13.9. The quantitative estimate of drug-likeness (QED) is 0.881. The minimum Gasteiger partial charge on any atom is -0.379 e. The van der Waals surface area contributed by atoms with Crippen LogP contribution in [-0.4, -0.2) is 23.5 Å². The summed E-state index contributed by atoms with van der Waals surface area (Å²) in [5, 5.41) is 6.34. The Labute approximate surface area is 130 Å². The minimum absolute atomic E-state index is 0.0870. The molecule has 1 unspecified atom stereocenters. The van der Waals surface area contributed by atoms with Crippen LogP contribution in [0.2, 0.25) is 0 Å². The SMILES string of the molecule is O=C1C=C(CNc2cccc(F)c2)NC2C=CC(Br)=CN12. The molecular formula is C15H13BrFN3O. The van der Waals surface area contributed by atoms with E-state index < -0.39 is 0 Å². The van der Waals surface area contributed by atoms with Crippen molar-refractivity contribution in [3.8, 4) is 0 Å². The van der Waals surface area contributed by atoms with Crippen LogP contribution in [0.4, 0.5) is 10.1 Å². The first-order chi connectivity index (χ1) is 10.1. The van der Waals surface area contributed by atoms with Crippen molar-refractivity contribution in [3.63, 3.8) is 0 Å². The molecule has 0 aliphatic carbocycles. The number of carbonyl (C=O) groups is 1. The van der Waals surface area contributed by atoms with Gasteiger partial charge in [-0.25, -0.2) is 4.39 Å². The molecule has 1 aromatic carbocycles. The van der Waals surface area contributed by atoms with Gasteiger partial charge in [0, 0.05) is 28.1 Å². The molecule has 0 aromatic heterocycles. The van der Waals surface area contributed by atoms with Crippen LogP contribution in [0.15, 0.2) is 58.9 Å². The second-order valence-electron chi connectivity index (χ2n) is 4.74. The van der Waals surface area contributed by atoms with Crippen LogP contribution in [0.5, 0.6) is 0 Å². The average Bonchev–Trinajstić information content (AvgIpc) is 2.46. The Morgan fingerprint density at radius 2 is 2.29 bits per heavy atom. The van der Waals surface area contributed by atoms with Crippen LogP contribution >= 0.6 is 15.9 Å². The lowest BCUT2D eigenvalue weighted by Crippen LogP contribution is -2.49. The number of hydrogen-bond donors (Lipinski definition) is 2. The van der Waals surface area contributed by atoms with Gasteiger partial charge in [0.25, 0.3) is 5.91 Å². The molecule has 0 bridgehead atoms. The zero-order valence-corrected chi connectivity index (χ0v) is 12.6. The van der Waals surface area contributed by atoms with E-state index in [1.807, 2.05) is 12.2 Å². The molecule has 0 radical (unpaired) electrons. The number of hydrogen-bond acceptors (Lipinski definition) is 3. The van der Waals surface area contributed by atoms with Crippen molar-refractivity contribution in [2.45, 2.75) is 6.17 Å². The van der Waals surface area contributed by atoms with E-state index in [1.165, 1.54) is 12.1 Å². The molecule has 1 atom stereocenters. The number of allylic oxidation sites excluding steroid dienone is 2. The van der Waals surface area contributed by atoms with Gasteiger partial charge in [0.15, 0.2) is 0 Å². The van der Waals surface area contributed by atoms with Crippen molar-refractivity contribution in [3.05, 3.63) is 64.7 Å². The number of halogens is 2. The molecule has 6 heteroatoms. The molecule has 2 aliphatic rings. The molecule has 1 amide bonds. The lowest BCUT2D eigenvalue weighted by Gasteiger charge is -2.34. The summed E-state index contributed by atoms with van der Waals surface area (Å²) in [6.45, 7) is 0.429. The highest BCUT2D eigenvalue weighted by Crippen LogP contribution is 2.21. The van der Waals surface area contributed by atoms with Crippen molar-refractivity contribution in [2.24, 2.45) is 0 Å². The van der Waals surface area contributed by atoms with E-state index in [1.54, 1.807) is 29.3 Å². The van der Waals surface area contributed by atoms with E-state index in [2.05, 4.69) is 26.6 Å². The summed E-state index contributed by atoms with van der Waals surface area (Å²) in [4.78, 5) is 13.7. The Hall–Kier alpha value is -2.08. The van der Waals surface area contributed by atoms with Crippen LogP contribution in [0.25, 0.3) is 0 Å². The summed E-state index contributed by atoms with van der Waals surface area (Å²) in [5.74, 6) is -0.380. The zero-order chi connectivity index (χ0) is 14.8. The van der Waals surface area contributed by atoms with Crippen LogP contribution in [-0.2, 0) is 4.79 Å². The standard InChI is InChI=1S/C15H13BrFN3O/c16-10-4-5-14-19-13(7-15(21)20(14)9-10)8-18-12-3-1-2-11(17)6-12/h1-7,9,14,18-19H,8H2. The zero-order valence-electron chi connectivity index (χ0n) is 11.0. The highest BCUT2D eigenvalue weighted by molar-refractivity contribution is 9.11. The van der Waals surface area contributed by atoms with Crippen molar-refractivity contribution in [1.29, 1.82) is 0 Å². The lowest BCUT2D eigenvalue weighted by atomic mass is 10.2. The number of anilines is 1. The Morgan fingerprint density at radius 1 is 1.43 bits per heavy atom. The van der Waals surface area contributed by atoms with E-state index >= 15 is 0 Å². The summed E-state index contributed by atoms with van der Waals surface area (Å²) in [6, 6.07) is 6.22.